The van der Waals surface area contributed by atoms with Crippen LogP contribution in [0.3, 0.4) is 0 Å². The van der Waals surface area contributed by atoms with E-state index in [1.54, 1.807) is 6.08 Å². The van der Waals surface area contributed by atoms with Crippen LogP contribution in [0.1, 0.15) is 18.9 Å². The van der Waals surface area contributed by atoms with Crippen molar-refractivity contribution < 1.29 is 9.53 Å². The summed E-state index contributed by atoms with van der Waals surface area (Å²) in [7, 11) is 0. The zero-order valence-corrected chi connectivity index (χ0v) is 9.33. The Morgan fingerprint density at radius 1 is 1.40 bits per heavy atom. The van der Waals surface area contributed by atoms with Crippen molar-refractivity contribution in [1.82, 2.24) is 0 Å². The van der Waals surface area contributed by atoms with Crippen LogP contribution in [-0.2, 0) is 4.79 Å². The van der Waals surface area contributed by atoms with Crippen molar-refractivity contribution >= 4 is 22.9 Å². The van der Waals surface area contributed by atoms with Gasteiger partial charge in [-0.3, -0.25) is 4.79 Å². The molecule has 0 aliphatic carbocycles. The highest BCUT2D eigenvalue weighted by Crippen LogP contribution is 2.13. The predicted octanol–water partition coefficient (Wildman–Crippen LogP) is 3.25. The summed E-state index contributed by atoms with van der Waals surface area (Å²) in [5.41, 5.74) is 0.924. The van der Waals surface area contributed by atoms with Crippen molar-refractivity contribution in [2.75, 3.05) is 6.61 Å². The molecular weight excluding hydrogens is 212 g/mol. The third kappa shape index (κ3) is 4.66. The highest BCUT2D eigenvalue weighted by atomic mass is 35.5. The molecule has 3 heteroatoms. The zero-order valence-electron chi connectivity index (χ0n) is 8.57. The normalized spacial score (nSPS) is 10.5. The number of carbonyl (C=O) groups excluding carboxylic acids is 1. The molecule has 0 aromatic heterocycles. The van der Waals surface area contributed by atoms with Crippen LogP contribution in [0.5, 0.6) is 5.75 Å². The lowest BCUT2D eigenvalue weighted by molar-refractivity contribution is -0.107. The number of ether oxygens (including phenoxy) is 1. The number of allylic oxidation sites excluding steroid dienone is 1. The largest absolute Gasteiger partial charge is 0.494 e. The van der Waals surface area contributed by atoms with E-state index < -0.39 is 5.24 Å². The molecule has 0 unspecified atom stereocenters. The van der Waals surface area contributed by atoms with E-state index in [0.29, 0.717) is 0 Å². The zero-order chi connectivity index (χ0) is 11.1. The van der Waals surface area contributed by atoms with Gasteiger partial charge in [0.25, 0.3) is 0 Å². The second-order valence-corrected chi connectivity index (χ2v) is 3.43. The van der Waals surface area contributed by atoms with Crippen molar-refractivity contribution in [3.8, 4) is 5.75 Å². The molecule has 0 heterocycles. The highest BCUT2D eigenvalue weighted by Gasteiger charge is 1.93. The fraction of sp³-hybridized carbons (Fsp3) is 0.250. The molecule has 2 nitrogen and oxygen atoms in total. The Balaban J connectivity index is 2.60. The minimum Gasteiger partial charge on any atom is -0.494 e. The van der Waals surface area contributed by atoms with Gasteiger partial charge in [0.1, 0.15) is 5.75 Å². The van der Waals surface area contributed by atoms with Crippen molar-refractivity contribution in [3.05, 3.63) is 35.9 Å². The van der Waals surface area contributed by atoms with Gasteiger partial charge in [-0.1, -0.05) is 25.1 Å². The van der Waals surface area contributed by atoms with E-state index in [9.17, 15) is 4.79 Å². The Hall–Kier alpha value is -1.28. The average Bonchev–Trinajstić information content (AvgIpc) is 2.25. The molecule has 1 rings (SSSR count). The molecule has 0 bridgehead atoms. The van der Waals surface area contributed by atoms with Gasteiger partial charge >= 0.3 is 0 Å². The van der Waals surface area contributed by atoms with Gasteiger partial charge in [-0.25, -0.2) is 0 Å². The smallest absolute Gasteiger partial charge is 0.245 e. The van der Waals surface area contributed by atoms with Crippen molar-refractivity contribution in [3.63, 3.8) is 0 Å². The molecular formula is C12H13ClO2. The Labute approximate surface area is 94.5 Å². The van der Waals surface area contributed by atoms with Crippen LogP contribution < -0.4 is 4.74 Å². The third-order valence-corrected chi connectivity index (χ3v) is 1.89. The molecule has 15 heavy (non-hydrogen) atoms. The minimum atomic E-state index is -0.471. The van der Waals surface area contributed by atoms with Crippen LogP contribution in [0.25, 0.3) is 6.08 Å². The molecule has 0 fully saturated rings. The van der Waals surface area contributed by atoms with E-state index in [1.807, 2.05) is 24.3 Å². The summed E-state index contributed by atoms with van der Waals surface area (Å²) in [6.07, 6.45) is 3.98. The monoisotopic (exact) mass is 224 g/mol. The fourth-order valence-electron chi connectivity index (χ4n) is 1.06. The second kappa shape index (κ2) is 6.25. The van der Waals surface area contributed by atoms with E-state index in [0.717, 1.165) is 24.3 Å². The first kappa shape index (κ1) is 11.8. The Kier molecular flexibility index (Phi) is 4.91. The predicted molar refractivity (Wildman–Crippen MR) is 62.1 cm³/mol. The molecule has 1 aromatic carbocycles. The van der Waals surface area contributed by atoms with Crippen molar-refractivity contribution in [2.45, 2.75) is 13.3 Å². The van der Waals surface area contributed by atoms with Gasteiger partial charge in [0.2, 0.25) is 5.24 Å². The molecule has 1 aromatic rings. The molecule has 0 N–H and O–H groups in total. The number of rotatable bonds is 5. The molecule has 0 spiro atoms. The number of hydrogen-bond acceptors (Lipinski definition) is 2. The lowest BCUT2D eigenvalue weighted by Gasteiger charge is -2.03. The summed E-state index contributed by atoms with van der Waals surface area (Å²) in [5, 5.41) is -0.471. The Bertz CT molecular complexity index is 341. The molecule has 0 aliphatic rings. The van der Waals surface area contributed by atoms with E-state index in [1.165, 1.54) is 6.08 Å². The molecule has 0 atom stereocenters. The summed E-state index contributed by atoms with van der Waals surface area (Å²) in [6, 6.07) is 7.49. The van der Waals surface area contributed by atoms with Gasteiger partial charge in [-0.05, 0) is 41.8 Å². The van der Waals surface area contributed by atoms with E-state index in [-0.39, 0.29) is 0 Å². The van der Waals surface area contributed by atoms with Crippen LogP contribution in [0.2, 0.25) is 0 Å². The number of hydrogen-bond donors (Lipinski definition) is 0. The molecule has 0 aliphatic heterocycles. The molecule has 0 radical (unpaired) electrons. The van der Waals surface area contributed by atoms with Gasteiger partial charge in [0.15, 0.2) is 0 Å². The second-order valence-electron chi connectivity index (χ2n) is 3.05. The van der Waals surface area contributed by atoms with Crippen molar-refractivity contribution in [1.29, 1.82) is 0 Å². The maximum absolute atomic E-state index is 10.5. The fourth-order valence-corrected chi connectivity index (χ4v) is 1.12. The van der Waals surface area contributed by atoms with Gasteiger partial charge in [-0.2, -0.15) is 0 Å². The first-order valence-corrected chi connectivity index (χ1v) is 5.20. The third-order valence-electron chi connectivity index (χ3n) is 1.76. The summed E-state index contributed by atoms with van der Waals surface area (Å²) >= 11 is 5.18. The average molecular weight is 225 g/mol. The topological polar surface area (TPSA) is 26.3 Å². The lowest BCUT2D eigenvalue weighted by Crippen LogP contribution is -1.94. The van der Waals surface area contributed by atoms with Gasteiger partial charge in [0.05, 0.1) is 6.61 Å². The highest BCUT2D eigenvalue weighted by molar-refractivity contribution is 6.66. The quantitative estimate of drug-likeness (QED) is 0.567. The van der Waals surface area contributed by atoms with Crippen LogP contribution >= 0.6 is 11.6 Å². The number of halogens is 1. The molecule has 80 valence electrons. The van der Waals surface area contributed by atoms with Crippen LogP contribution in [0, 0.1) is 0 Å². The van der Waals surface area contributed by atoms with Gasteiger partial charge in [0, 0.05) is 0 Å². The van der Waals surface area contributed by atoms with Crippen LogP contribution in [0.15, 0.2) is 30.3 Å². The van der Waals surface area contributed by atoms with Crippen LogP contribution in [0.4, 0.5) is 0 Å². The lowest BCUT2D eigenvalue weighted by atomic mass is 10.2. The first-order chi connectivity index (χ1) is 7.22. The van der Waals surface area contributed by atoms with E-state index in [2.05, 4.69) is 6.92 Å². The molecule has 0 saturated carbocycles. The maximum Gasteiger partial charge on any atom is 0.245 e. The SMILES string of the molecule is CCCOc1ccc(/C=C/C(=O)Cl)cc1. The Morgan fingerprint density at radius 3 is 2.60 bits per heavy atom. The van der Waals surface area contributed by atoms with Gasteiger partial charge in [-0.15, -0.1) is 0 Å². The standard InChI is InChI=1S/C12H13ClO2/c1-2-9-15-11-6-3-10(4-7-11)5-8-12(13)14/h3-8H,2,9H2,1H3/b8-5+. The summed E-state index contributed by atoms with van der Waals surface area (Å²) < 4.78 is 5.42. The number of carbonyl (C=O) groups is 1. The Morgan fingerprint density at radius 2 is 2.07 bits per heavy atom. The maximum atomic E-state index is 10.5. The van der Waals surface area contributed by atoms with Crippen LogP contribution in [-0.4, -0.2) is 11.8 Å². The van der Waals surface area contributed by atoms with E-state index in [4.69, 9.17) is 16.3 Å². The van der Waals surface area contributed by atoms with E-state index >= 15 is 0 Å². The van der Waals surface area contributed by atoms with Gasteiger partial charge < -0.3 is 4.74 Å². The molecule has 0 amide bonds. The molecule has 0 saturated heterocycles. The summed E-state index contributed by atoms with van der Waals surface area (Å²) in [4.78, 5) is 10.5. The number of benzene rings is 1. The van der Waals surface area contributed by atoms with Crippen molar-refractivity contribution in [2.24, 2.45) is 0 Å². The first-order valence-electron chi connectivity index (χ1n) is 4.83. The minimum absolute atomic E-state index is 0.471. The summed E-state index contributed by atoms with van der Waals surface area (Å²) in [5.74, 6) is 0.839. The summed E-state index contributed by atoms with van der Waals surface area (Å²) in [6.45, 7) is 2.78.